The first-order chi connectivity index (χ1) is 20.6. The highest BCUT2D eigenvalue weighted by Gasteiger charge is 2.42. The minimum absolute atomic E-state index is 0.0167. The van der Waals surface area contributed by atoms with Crippen molar-refractivity contribution < 1.29 is 32.5 Å². The molecule has 0 radical (unpaired) electrons. The number of hydrogen-bond acceptors (Lipinski definition) is 8. The van der Waals surface area contributed by atoms with Gasteiger partial charge in [-0.3, -0.25) is 4.98 Å². The van der Waals surface area contributed by atoms with E-state index in [2.05, 4.69) is 37.0 Å². The molecule has 3 aromatic heterocycles. The van der Waals surface area contributed by atoms with Gasteiger partial charge in [0.2, 0.25) is 0 Å². The number of aliphatic hydroxyl groups is 2. The molecule has 226 valence electrons. The van der Waals surface area contributed by atoms with E-state index < -0.39 is 48.5 Å². The monoisotopic (exact) mass is 619 g/mol. The number of halogens is 5. The lowest BCUT2D eigenvalue weighted by Crippen LogP contribution is -2.45. The van der Waals surface area contributed by atoms with E-state index in [1.54, 1.807) is 18.2 Å². The van der Waals surface area contributed by atoms with E-state index in [9.17, 15) is 27.8 Å². The largest absolute Gasteiger partial charge is 0.418 e. The van der Waals surface area contributed by atoms with Crippen molar-refractivity contribution in [3.63, 3.8) is 0 Å². The number of fused-ring (bicyclic) bond motifs is 1. The third kappa shape index (κ3) is 5.95. The van der Waals surface area contributed by atoms with E-state index >= 15 is 0 Å². The molecule has 0 bridgehead atoms. The van der Waals surface area contributed by atoms with Gasteiger partial charge in [-0.2, -0.15) is 18.3 Å². The maximum atomic E-state index is 14.7. The second-order valence-electron chi connectivity index (χ2n) is 9.70. The zero-order valence-corrected chi connectivity index (χ0v) is 23.6. The summed E-state index contributed by atoms with van der Waals surface area (Å²) in [5.74, 6) is -0.258. The number of ether oxygens (including phenoxy) is 1. The number of nitrogens with zero attached hydrogens (tertiary/aromatic N) is 7. The number of aryl methyl sites for hydroxylation is 1. The van der Waals surface area contributed by atoms with E-state index in [1.165, 1.54) is 54.6 Å². The highest BCUT2D eigenvalue weighted by Crippen LogP contribution is 2.40. The summed E-state index contributed by atoms with van der Waals surface area (Å²) in [6, 6.07) is 10.5. The van der Waals surface area contributed by atoms with Crippen LogP contribution in [-0.2, 0) is 10.9 Å². The normalized spacial score (nSPS) is 20.6. The average molecular weight is 620 g/mol. The van der Waals surface area contributed by atoms with E-state index in [0.29, 0.717) is 16.6 Å². The predicted molar refractivity (Wildman–Crippen MR) is 148 cm³/mol. The zero-order valence-electron chi connectivity index (χ0n) is 22.8. The van der Waals surface area contributed by atoms with Crippen LogP contribution in [0.2, 0.25) is 0 Å². The summed E-state index contributed by atoms with van der Waals surface area (Å²) < 4.78 is 64.5. The van der Waals surface area contributed by atoms with Crippen LogP contribution in [0.4, 0.5) is 17.6 Å². The molecule has 2 N–H and O–H groups in total. The van der Waals surface area contributed by atoms with E-state index in [-0.39, 0.29) is 29.3 Å². The van der Waals surface area contributed by atoms with Gasteiger partial charge in [-0.1, -0.05) is 23.4 Å². The third-order valence-electron chi connectivity index (χ3n) is 7.02. The summed E-state index contributed by atoms with van der Waals surface area (Å²) in [5, 5.41) is 34.1. The van der Waals surface area contributed by atoms with Crippen LogP contribution >= 0.6 is 11.6 Å². The number of rotatable bonds is 5. The number of hydrogen-bond donors (Lipinski definition) is 2. The van der Waals surface area contributed by atoms with Gasteiger partial charge in [-0.15, -0.1) is 16.7 Å². The van der Waals surface area contributed by atoms with Crippen LogP contribution in [-0.4, -0.2) is 70.2 Å². The van der Waals surface area contributed by atoms with E-state index in [1.807, 2.05) is 0 Å². The molecule has 1 aliphatic rings. The average Bonchev–Trinajstić information content (AvgIpc) is 3.65. The Morgan fingerprint density at radius 3 is 2.63 bits per heavy atom. The topological polar surface area (TPSA) is 124 Å². The standard InChI is InChI=1S/C27H23F4N7O3.CH3Cl/c1-14-33-26(38(35-14)20-7-3-2-6-17(20)27(29,30)31)22-11-21(25(40)23(13-39)41-22)37-12-19(34-36-37)16-9-15-5-4-8-32-24(15)18(28)10-16;1-2/h2-10,12,21-23,25,39-40H,11,13H2,1H3;1H3. The van der Waals surface area contributed by atoms with Gasteiger partial charge in [-0.05, 0) is 37.3 Å². The van der Waals surface area contributed by atoms with E-state index in [4.69, 9.17) is 4.74 Å². The van der Waals surface area contributed by atoms with Crippen molar-refractivity contribution in [3.05, 3.63) is 84.0 Å². The number of alkyl halides is 4. The molecule has 43 heavy (non-hydrogen) atoms. The van der Waals surface area contributed by atoms with Crippen molar-refractivity contribution in [2.24, 2.45) is 0 Å². The van der Waals surface area contributed by atoms with Gasteiger partial charge in [0, 0.05) is 30.0 Å². The molecule has 2 aromatic carbocycles. The van der Waals surface area contributed by atoms with Crippen molar-refractivity contribution in [1.82, 2.24) is 34.7 Å². The van der Waals surface area contributed by atoms with Crippen LogP contribution in [0.5, 0.6) is 0 Å². The van der Waals surface area contributed by atoms with Gasteiger partial charge < -0.3 is 14.9 Å². The number of pyridine rings is 1. The maximum absolute atomic E-state index is 14.7. The molecule has 4 heterocycles. The molecule has 0 amide bonds. The lowest BCUT2D eigenvalue weighted by molar-refractivity contribution is -0.161. The Hall–Kier alpha value is -3.98. The van der Waals surface area contributed by atoms with Crippen LogP contribution in [0.15, 0.2) is 60.9 Å². The summed E-state index contributed by atoms with van der Waals surface area (Å²) in [7, 11) is 0. The number of aliphatic hydroxyl groups excluding tert-OH is 2. The van der Waals surface area contributed by atoms with Crippen LogP contribution < -0.4 is 0 Å². The summed E-state index contributed by atoms with van der Waals surface area (Å²) in [6.45, 7) is 0.960. The zero-order chi connectivity index (χ0) is 30.9. The molecule has 10 nitrogen and oxygen atoms in total. The molecule has 6 rings (SSSR count). The van der Waals surface area contributed by atoms with Gasteiger partial charge in [0.25, 0.3) is 0 Å². The molecule has 5 aromatic rings. The highest BCUT2D eigenvalue weighted by atomic mass is 35.5. The quantitative estimate of drug-likeness (QED) is 0.212. The van der Waals surface area contributed by atoms with Crippen molar-refractivity contribution in [2.75, 3.05) is 13.0 Å². The fourth-order valence-electron chi connectivity index (χ4n) is 5.12. The molecule has 0 spiro atoms. The fourth-order valence-corrected chi connectivity index (χ4v) is 5.12. The molecule has 15 heteroatoms. The summed E-state index contributed by atoms with van der Waals surface area (Å²) in [6.07, 6.45) is -3.48. The Balaban J connectivity index is 0.00000180. The number of aromatic nitrogens is 7. The van der Waals surface area contributed by atoms with Gasteiger partial charge in [-0.25, -0.2) is 18.7 Å². The molecule has 4 unspecified atom stereocenters. The van der Waals surface area contributed by atoms with Gasteiger partial charge in [0.15, 0.2) is 5.82 Å². The van der Waals surface area contributed by atoms with Gasteiger partial charge in [0.05, 0.1) is 30.1 Å². The number of para-hydroxylation sites is 1. The minimum Gasteiger partial charge on any atom is -0.394 e. The van der Waals surface area contributed by atoms with Gasteiger partial charge in [0.1, 0.15) is 41.2 Å². The summed E-state index contributed by atoms with van der Waals surface area (Å²) in [4.78, 5) is 8.40. The van der Waals surface area contributed by atoms with Crippen molar-refractivity contribution in [2.45, 2.75) is 43.9 Å². The molecular formula is C28H26ClF4N7O3. The highest BCUT2D eigenvalue weighted by molar-refractivity contribution is 6.15. The molecular weight excluding hydrogens is 594 g/mol. The lowest BCUT2D eigenvalue weighted by atomic mass is 9.95. The first-order valence-electron chi connectivity index (χ1n) is 13.0. The third-order valence-corrected chi connectivity index (χ3v) is 7.02. The minimum atomic E-state index is -4.65. The van der Waals surface area contributed by atoms with Crippen LogP contribution in [0.3, 0.4) is 0 Å². The SMILES string of the molecule is CCl.Cc1nc(C2CC(n3cc(-c4cc(F)c5ncccc5c4)nn3)C(O)C(CO)O2)n(-c2ccccc2C(F)(F)F)n1. The molecule has 0 aliphatic carbocycles. The Labute approximate surface area is 247 Å². The van der Waals surface area contributed by atoms with Crippen molar-refractivity contribution in [1.29, 1.82) is 0 Å². The molecule has 4 atom stereocenters. The van der Waals surface area contributed by atoms with Crippen molar-refractivity contribution >= 4 is 22.5 Å². The van der Waals surface area contributed by atoms with Crippen LogP contribution in [0.1, 0.15) is 35.8 Å². The fraction of sp³-hybridized carbons (Fsp3) is 0.321. The summed E-state index contributed by atoms with van der Waals surface area (Å²) >= 11 is 4.64. The number of benzene rings is 2. The Morgan fingerprint density at radius 2 is 1.88 bits per heavy atom. The second kappa shape index (κ2) is 12.3. The molecule has 0 saturated carbocycles. The lowest BCUT2D eigenvalue weighted by Gasteiger charge is -2.38. The van der Waals surface area contributed by atoms with Crippen molar-refractivity contribution in [3.8, 4) is 16.9 Å². The second-order valence-corrected chi connectivity index (χ2v) is 9.70. The summed E-state index contributed by atoms with van der Waals surface area (Å²) in [5.41, 5.74) is -0.174. The Kier molecular flexibility index (Phi) is 8.74. The van der Waals surface area contributed by atoms with E-state index in [0.717, 1.165) is 10.7 Å². The Morgan fingerprint density at radius 1 is 1.12 bits per heavy atom. The smallest absolute Gasteiger partial charge is 0.394 e. The molecule has 1 saturated heterocycles. The first kappa shape index (κ1) is 30.5. The Bertz CT molecular complexity index is 1730. The molecule has 1 fully saturated rings. The van der Waals surface area contributed by atoms with Crippen LogP contribution in [0.25, 0.3) is 27.8 Å². The first-order valence-corrected chi connectivity index (χ1v) is 13.8. The van der Waals surface area contributed by atoms with Gasteiger partial charge >= 0.3 is 6.18 Å². The maximum Gasteiger partial charge on any atom is 0.418 e. The molecule has 1 aliphatic heterocycles. The van der Waals surface area contributed by atoms with Crippen LogP contribution in [0, 0.1) is 12.7 Å². The predicted octanol–water partition coefficient (Wildman–Crippen LogP) is 4.82.